The Morgan fingerprint density at radius 2 is 2.00 bits per heavy atom. The van der Waals surface area contributed by atoms with Crippen molar-refractivity contribution in [2.45, 2.75) is 56.8 Å². The van der Waals surface area contributed by atoms with E-state index in [-0.39, 0.29) is 12.3 Å². The van der Waals surface area contributed by atoms with Crippen molar-refractivity contribution in [1.82, 2.24) is 0 Å². The summed E-state index contributed by atoms with van der Waals surface area (Å²) >= 11 is 0. The average molecular weight is 348 g/mol. The number of aliphatic hydroxyl groups excluding tert-OH is 2. The van der Waals surface area contributed by atoms with Crippen LogP contribution in [-0.4, -0.2) is 45.1 Å². The zero-order valence-corrected chi connectivity index (χ0v) is 14.3. The van der Waals surface area contributed by atoms with Crippen LogP contribution in [0, 0.1) is 34.5 Å². The quantitative estimate of drug-likeness (QED) is 0.484. The van der Waals surface area contributed by atoms with Gasteiger partial charge in [-0.25, -0.2) is 0 Å². The Morgan fingerprint density at radius 1 is 1.28 bits per heavy atom. The summed E-state index contributed by atoms with van der Waals surface area (Å²) in [5.74, 6) is -2.57. The van der Waals surface area contributed by atoms with Gasteiger partial charge in [-0.15, -0.1) is 0 Å². The van der Waals surface area contributed by atoms with Crippen molar-refractivity contribution in [3.63, 3.8) is 0 Å². The monoisotopic (exact) mass is 348 g/mol. The van der Waals surface area contributed by atoms with E-state index >= 15 is 0 Å². The fourth-order valence-electron chi connectivity index (χ4n) is 7.72. The number of fused-ring (bicyclic) bond motifs is 1. The lowest BCUT2D eigenvalue weighted by Gasteiger charge is -2.46. The van der Waals surface area contributed by atoms with Gasteiger partial charge in [0, 0.05) is 18.3 Å². The van der Waals surface area contributed by atoms with E-state index in [9.17, 15) is 24.9 Å². The molecule has 0 amide bonds. The van der Waals surface area contributed by atoms with Crippen LogP contribution in [0.2, 0.25) is 0 Å². The standard InChI is InChI=1S/C19H24O6/c1-8-5-18-6-9(8)3-4-11(18)19-7-10(20)14(21)17(2,16(24)25-19)13(19)12(18)15(22)23/h9-14,20-21H,1,3-7H2,2H3,(H,22,23)/t9-,10+,11-,12-,13-,14+,17-,18+,19-/m1/s1. The fourth-order valence-corrected chi connectivity index (χ4v) is 7.72. The number of ether oxygens (including phenoxy) is 1. The minimum atomic E-state index is -1.37. The number of hydrogen-bond acceptors (Lipinski definition) is 5. The fraction of sp³-hybridized carbons (Fsp3) is 0.789. The molecular weight excluding hydrogens is 324 g/mol. The lowest BCUT2D eigenvalue weighted by atomic mass is 9.58. The van der Waals surface area contributed by atoms with Gasteiger partial charge >= 0.3 is 11.9 Å². The first-order valence-corrected chi connectivity index (χ1v) is 9.18. The number of carbonyl (C=O) groups excluding carboxylic acids is 1. The molecule has 0 unspecified atom stereocenters. The molecule has 136 valence electrons. The molecule has 0 radical (unpaired) electrons. The molecule has 3 N–H and O–H groups in total. The van der Waals surface area contributed by atoms with Crippen LogP contribution in [0.3, 0.4) is 0 Å². The molecule has 6 nitrogen and oxygen atoms in total. The lowest BCUT2D eigenvalue weighted by Crippen LogP contribution is -2.59. The number of carboxylic acids is 1. The Hall–Kier alpha value is -1.40. The van der Waals surface area contributed by atoms with Gasteiger partial charge in [0.15, 0.2) is 0 Å². The molecule has 1 saturated heterocycles. The molecule has 25 heavy (non-hydrogen) atoms. The molecule has 1 spiro atoms. The normalized spacial score (nSPS) is 58.7. The number of aliphatic hydroxyl groups is 2. The molecule has 9 atom stereocenters. The van der Waals surface area contributed by atoms with E-state index in [1.165, 1.54) is 0 Å². The van der Waals surface area contributed by atoms with Crippen molar-refractivity contribution in [3.05, 3.63) is 12.2 Å². The number of carboxylic acid groups (broad SMARTS) is 1. The Morgan fingerprint density at radius 3 is 2.68 bits per heavy atom. The highest BCUT2D eigenvalue weighted by atomic mass is 16.6. The van der Waals surface area contributed by atoms with E-state index < -0.39 is 52.4 Å². The second kappa shape index (κ2) is 4.29. The number of rotatable bonds is 1. The highest BCUT2D eigenvalue weighted by Gasteiger charge is 2.84. The van der Waals surface area contributed by atoms with Crippen LogP contribution in [0.5, 0.6) is 0 Å². The van der Waals surface area contributed by atoms with Gasteiger partial charge in [-0.2, -0.15) is 0 Å². The van der Waals surface area contributed by atoms with E-state index in [1.807, 2.05) is 0 Å². The number of allylic oxidation sites excluding steroid dienone is 1. The Bertz CT molecular complexity index is 717. The molecule has 0 aromatic heterocycles. The van der Waals surface area contributed by atoms with Crippen molar-refractivity contribution in [1.29, 1.82) is 0 Å². The maximum atomic E-state index is 12.7. The highest BCUT2D eigenvalue weighted by Crippen LogP contribution is 2.77. The summed E-state index contributed by atoms with van der Waals surface area (Å²) in [4.78, 5) is 25.2. The van der Waals surface area contributed by atoms with Crippen LogP contribution in [0.4, 0.5) is 0 Å². The van der Waals surface area contributed by atoms with Crippen molar-refractivity contribution in [2.75, 3.05) is 0 Å². The minimum Gasteiger partial charge on any atom is -0.481 e. The van der Waals surface area contributed by atoms with Crippen LogP contribution in [0.25, 0.3) is 0 Å². The maximum absolute atomic E-state index is 12.7. The molecule has 6 heteroatoms. The third-order valence-corrected chi connectivity index (χ3v) is 8.47. The molecular formula is C19H24O6. The molecule has 0 aromatic rings. The number of esters is 1. The van der Waals surface area contributed by atoms with Crippen LogP contribution >= 0.6 is 0 Å². The van der Waals surface area contributed by atoms with E-state index in [2.05, 4.69) is 6.58 Å². The van der Waals surface area contributed by atoms with Crippen molar-refractivity contribution in [2.24, 2.45) is 34.5 Å². The molecule has 5 aliphatic rings. The summed E-state index contributed by atoms with van der Waals surface area (Å²) < 4.78 is 5.92. The summed E-state index contributed by atoms with van der Waals surface area (Å²) in [7, 11) is 0. The maximum Gasteiger partial charge on any atom is 0.315 e. The molecule has 0 aromatic carbocycles. The van der Waals surface area contributed by atoms with E-state index in [0.717, 1.165) is 24.8 Å². The van der Waals surface area contributed by atoms with Gasteiger partial charge in [0.1, 0.15) is 11.0 Å². The lowest BCUT2D eigenvalue weighted by molar-refractivity contribution is -0.163. The predicted molar refractivity (Wildman–Crippen MR) is 85.2 cm³/mol. The van der Waals surface area contributed by atoms with Gasteiger partial charge in [0.05, 0.1) is 18.1 Å². The zero-order valence-electron chi connectivity index (χ0n) is 14.3. The molecule has 5 fully saturated rings. The minimum absolute atomic E-state index is 0.0884. The third kappa shape index (κ3) is 1.44. The first-order chi connectivity index (χ1) is 11.7. The van der Waals surface area contributed by atoms with Crippen molar-refractivity contribution in [3.8, 4) is 0 Å². The first-order valence-electron chi connectivity index (χ1n) is 9.18. The first kappa shape index (κ1) is 15.8. The SMILES string of the molecule is C=C1C[C@]23C[C@H]1CC[C@H]2[C@@]12C[C@H](O)[C@H](O)[C@](C)(C(=O)O1)[C@H]2[C@@H]3C(=O)O. The molecule has 1 heterocycles. The van der Waals surface area contributed by atoms with Gasteiger partial charge < -0.3 is 20.1 Å². The van der Waals surface area contributed by atoms with Gasteiger partial charge in [-0.3, -0.25) is 9.59 Å². The molecule has 4 aliphatic carbocycles. The smallest absolute Gasteiger partial charge is 0.315 e. The van der Waals surface area contributed by atoms with Crippen LogP contribution in [-0.2, 0) is 14.3 Å². The van der Waals surface area contributed by atoms with Gasteiger partial charge in [0.2, 0.25) is 0 Å². The van der Waals surface area contributed by atoms with E-state index in [0.29, 0.717) is 12.3 Å². The molecule has 4 saturated carbocycles. The summed E-state index contributed by atoms with van der Waals surface area (Å²) in [5.41, 5.74) is -1.70. The average Bonchev–Trinajstić information content (AvgIpc) is 3.00. The van der Waals surface area contributed by atoms with Crippen LogP contribution in [0.15, 0.2) is 12.2 Å². The topological polar surface area (TPSA) is 104 Å². The Labute approximate surface area is 145 Å². The van der Waals surface area contributed by atoms with Crippen LogP contribution < -0.4 is 0 Å². The van der Waals surface area contributed by atoms with Crippen molar-refractivity contribution >= 4 is 11.9 Å². The number of aliphatic carboxylic acids is 1. The summed E-state index contributed by atoms with van der Waals surface area (Å²) in [5, 5.41) is 31.3. The van der Waals surface area contributed by atoms with Gasteiger partial charge in [-0.1, -0.05) is 12.2 Å². The molecule has 4 bridgehead atoms. The number of carbonyl (C=O) groups is 2. The largest absolute Gasteiger partial charge is 0.481 e. The van der Waals surface area contributed by atoms with Crippen molar-refractivity contribution < 1.29 is 29.6 Å². The van der Waals surface area contributed by atoms with E-state index in [1.54, 1.807) is 6.92 Å². The summed E-state index contributed by atoms with van der Waals surface area (Å²) in [6.07, 6.45) is 0.907. The second-order valence-electron chi connectivity index (χ2n) is 9.24. The van der Waals surface area contributed by atoms with Gasteiger partial charge in [0.25, 0.3) is 0 Å². The molecule has 5 rings (SSSR count). The Balaban J connectivity index is 1.76. The van der Waals surface area contributed by atoms with E-state index in [4.69, 9.17) is 4.74 Å². The molecule has 1 aliphatic heterocycles. The highest BCUT2D eigenvalue weighted by molar-refractivity contribution is 5.85. The summed E-state index contributed by atoms with van der Waals surface area (Å²) in [6.45, 7) is 5.77. The zero-order chi connectivity index (χ0) is 17.9. The third-order valence-electron chi connectivity index (χ3n) is 8.47. The predicted octanol–water partition coefficient (Wildman–Crippen LogP) is 1.11. The number of hydrogen-bond donors (Lipinski definition) is 3. The Kier molecular flexibility index (Phi) is 2.71. The van der Waals surface area contributed by atoms with Gasteiger partial charge in [-0.05, 0) is 43.9 Å². The van der Waals surface area contributed by atoms with Crippen LogP contribution in [0.1, 0.15) is 39.0 Å². The summed E-state index contributed by atoms with van der Waals surface area (Å²) in [6, 6.07) is 0. The second-order valence-corrected chi connectivity index (χ2v) is 9.24.